The largest absolute Gasteiger partial charge is 0.305 e. The SMILES string of the molecule is CCC(N)(c1cccc(C)c1)N(C(=O)C1CCC1)C(N)(CC)c1cccc(C)c1. The smallest absolute Gasteiger partial charge is 0.229 e. The van der Waals surface area contributed by atoms with Gasteiger partial charge in [0.25, 0.3) is 0 Å². The van der Waals surface area contributed by atoms with E-state index in [2.05, 4.69) is 12.1 Å². The van der Waals surface area contributed by atoms with Crippen LogP contribution in [0, 0.1) is 19.8 Å². The summed E-state index contributed by atoms with van der Waals surface area (Å²) in [5.74, 6) is 0.0848. The molecule has 0 saturated heterocycles. The Hall–Kier alpha value is -2.17. The van der Waals surface area contributed by atoms with Crippen molar-refractivity contribution in [3.8, 4) is 0 Å². The second kappa shape index (κ2) is 8.29. The first-order valence-corrected chi connectivity index (χ1v) is 10.8. The van der Waals surface area contributed by atoms with Crippen LogP contribution in [0.1, 0.15) is 68.2 Å². The third-order valence-electron chi connectivity index (χ3n) is 6.59. The van der Waals surface area contributed by atoms with E-state index in [4.69, 9.17) is 11.5 Å². The number of aryl methyl sites for hydroxylation is 2. The van der Waals surface area contributed by atoms with Gasteiger partial charge in [-0.15, -0.1) is 0 Å². The Labute approximate surface area is 175 Å². The van der Waals surface area contributed by atoms with Gasteiger partial charge in [-0.3, -0.25) is 9.69 Å². The first-order chi connectivity index (χ1) is 13.8. The van der Waals surface area contributed by atoms with Crippen molar-refractivity contribution in [2.45, 2.75) is 71.1 Å². The van der Waals surface area contributed by atoms with E-state index in [1.54, 1.807) is 0 Å². The number of hydrogen-bond acceptors (Lipinski definition) is 3. The lowest BCUT2D eigenvalue weighted by atomic mass is 9.80. The minimum Gasteiger partial charge on any atom is -0.305 e. The molecule has 2 atom stereocenters. The highest BCUT2D eigenvalue weighted by molar-refractivity contribution is 5.81. The van der Waals surface area contributed by atoms with E-state index in [1.807, 2.05) is 69.0 Å². The Bertz CT molecular complexity index is 816. The fourth-order valence-electron chi connectivity index (χ4n) is 4.40. The Morgan fingerprint density at radius 3 is 1.69 bits per heavy atom. The van der Waals surface area contributed by atoms with Crippen molar-refractivity contribution in [1.82, 2.24) is 4.90 Å². The van der Waals surface area contributed by atoms with Crippen molar-refractivity contribution < 1.29 is 4.79 Å². The number of amides is 1. The Morgan fingerprint density at radius 2 is 1.38 bits per heavy atom. The van der Waals surface area contributed by atoms with E-state index in [-0.39, 0.29) is 11.8 Å². The summed E-state index contributed by atoms with van der Waals surface area (Å²) in [7, 11) is 0. The molecule has 2 unspecified atom stereocenters. The molecular weight excluding hydrogens is 358 g/mol. The number of rotatable bonds is 7. The summed E-state index contributed by atoms with van der Waals surface area (Å²) < 4.78 is 0. The van der Waals surface area contributed by atoms with Gasteiger partial charge in [0.05, 0.1) is 0 Å². The molecule has 1 aliphatic rings. The van der Waals surface area contributed by atoms with Gasteiger partial charge in [0.2, 0.25) is 5.91 Å². The minimum atomic E-state index is -0.979. The zero-order chi connectivity index (χ0) is 21.2. The van der Waals surface area contributed by atoms with Crippen LogP contribution >= 0.6 is 0 Å². The maximum Gasteiger partial charge on any atom is 0.229 e. The van der Waals surface area contributed by atoms with E-state index in [0.29, 0.717) is 12.8 Å². The zero-order valence-electron chi connectivity index (χ0n) is 18.2. The minimum absolute atomic E-state index is 0.00793. The Kier molecular flexibility index (Phi) is 6.16. The number of hydrogen-bond donors (Lipinski definition) is 2. The molecule has 156 valence electrons. The summed E-state index contributed by atoms with van der Waals surface area (Å²) >= 11 is 0. The molecule has 0 aliphatic heterocycles. The average molecular weight is 394 g/mol. The van der Waals surface area contributed by atoms with Crippen LogP contribution in [0.25, 0.3) is 0 Å². The van der Waals surface area contributed by atoms with Crippen molar-refractivity contribution in [3.63, 3.8) is 0 Å². The Morgan fingerprint density at radius 1 is 0.931 bits per heavy atom. The number of carbonyl (C=O) groups excluding carboxylic acids is 1. The van der Waals surface area contributed by atoms with Crippen LogP contribution in [0.2, 0.25) is 0 Å². The molecular formula is C25H35N3O. The van der Waals surface area contributed by atoms with E-state index in [1.165, 1.54) is 0 Å². The molecule has 1 saturated carbocycles. The molecule has 0 radical (unpaired) electrons. The highest BCUT2D eigenvalue weighted by atomic mass is 16.2. The van der Waals surface area contributed by atoms with E-state index in [0.717, 1.165) is 41.5 Å². The number of nitrogens with zero attached hydrogens (tertiary/aromatic N) is 1. The predicted octanol–water partition coefficient (Wildman–Crippen LogP) is 4.68. The normalized spacial score (nSPS) is 18.4. The summed E-state index contributed by atoms with van der Waals surface area (Å²) in [4.78, 5) is 15.6. The van der Waals surface area contributed by atoms with Gasteiger partial charge in [-0.1, -0.05) is 79.9 Å². The lowest BCUT2D eigenvalue weighted by molar-refractivity contribution is -0.158. The van der Waals surface area contributed by atoms with Gasteiger partial charge in [-0.05, 0) is 50.7 Å². The standard InChI is InChI=1S/C25H35N3O/c1-5-24(26,21-14-7-10-18(3)16-21)28(23(29)20-12-9-13-20)25(27,6-2)22-15-8-11-19(4)17-22/h7-8,10-11,14-17,20H,5-6,9,12-13,26-27H2,1-4H3. The van der Waals surface area contributed by atoms with Crippen LogP contribution in [0.4, 0.5) is 0 Å². The number of nitrogens with two attached hydrogens (primary N) is 2. The maximum atomic E-state index is 13.8. The van der Waals surface area contributed by atoms with Crippen molar-refractivity contribution in [1.29, 1.82) is 0 Å². The molecule has 0 bridgehead atoms. The molecule has 0 heterocycles. The van der Waals surface area contributed by atoms with E-state index >= 15 is 0 Å². The summed E-state index contributed by atoms with van der Waals surface area (Å²) in [6, 6.07) is 16.3. The molecule has 2 aromatic rings. The van der Waals surface area contributed by atoms with Crippen LogP contribution in [0.5, 0.6) is 0 Å². The highest BCUT2D eigenvalue weighted by Crippen LogP contribution is 2.42. The van der Waals surface area contributed by atoms with Gasteiger partial charge >= 0.3 is 0 Å². The number of benzene rings is 2. The van der Waals surface area contributed by atoms with Gasteiger partial charge in [0.1, 0.15) is 11.3 Å². The molecule has 1 fully saturated rings. The topological polar surface area (TPSA) is 72.3 Å². The van der Waals surface area contributed by atoms with Crippen molar-refractivity contribution in [2.75, 3.05) is 0 Å². The first-order valence-electron chi connectivity index (χ1n) is 10.8. The predicted molar refractivity (Wildman–Crippen MR) is 119 cm³/mol. The summed E-state index contributed by atoms with van der Waals surface area (Å²) in [6.45, 7) is 8.17. The van der Waals surface area contributed by atoms with Gasteiger partial charge in [-0.2, -0.15) is 0 Å². The summed E-state index contributed by atoms with van der Waals surface area (Å²) in [5, 5.41) is 0. The third-order valence-corrected chi connectivity index (χ3v) is 6.59. The van der Waals surface area contributed by atoms with E-state index in [9.17, 15) is 4.79 Å². The van der Waals surface area contributed by atoms with Crippen LogP contribution in [0.15, 0.2) is 48.5 Å². The highest BCUT2D eigenvalue weighted by Gasteiger charge is 2.50. The molecule has 4 heteroatoms. The fourth-order valence-corrected chi connectivity index (χ4v) is 4.40. The first kappa shape index (κ1) is 21.5. The van der Waals surface area contributed by atoms with Crippen molar-refractivity contribution >= 4 is 5.91 Å². The van der Waals surface area contributed by atoms with Gasteiger partial charge in [-0.25, -0.2) is 0 Å². The quantitative estimate of drug-likeness (QED) is 0.671. The monoisotopic (exact) mass is 393 g/mol. The van der Waals surface area contributed by atoms with Gasteiger partial charge in [0.15, 0.2) is 0 Å². The molecule has 4 N–H and O–H groups in total. The molecule has 0 spiro atoms. The zero-order valence-corrected chi connectivity index (χ0v) is 18.2. The van der Waals surface area contributed by atoms with Crippen molar-refractivity contribution in [2.24, 2.45) is 17.4 Å². The molecule has 1 aliphatic carbocycles. The van der Waals surface area contributed by atoms with Gasteiger partial charge < -0.3 is 11.5 Å². The molecule has 0 aromatic heterocycles. The second-order valence-electron chi connectivity index (χ2n) is 8.60. The average Bonchev–Trinajstić information content (AvgIpc) is 2.66. The van der Waals surface area contributed by atoms with E-state index < -0.39 is 11.3 Å². The molecule has 4 nitrogen and oxygen atoms in total. The molecule has 1 amide bonds. The third kappa shape index (κ3) is 3.84. The second-order valence-corrected chi connectivity index (χ2v) is 8.60. The lowest BCUT2D eigenvalue weighted by Gasteiger charge is -2.53. The molecule has 2 aromatic carbocycles. The lowest BCUT2D eigenvalue weighted by Crippen LogP contribution is -2.68. The number of carbonyl (C=O) groups is 1. The Balaban J connectivity index is 2.21. The summed E-state index contributed by atoms with van der Waals surface area (Å²) in [6.07, 6.45) is 4.08. The van der Waals surface area contributed by atoms with Crippen LogP contribution < -0.4 is 11.5 Å². The van der Waals surface area contributed by atoms with Crippen LogP contribution in [0.3, 0.4) is 0 Å². The molecule has 3 rings (SSSR count). The summed E-state index contributed by atoms with van der Waals surface area (Å²) in [5.41, 5.74) is 16.4. The van der Waals surface area contributed by atoms with Gasteiger partial charge in [0, 0.05) is 5.92 Å². The van der Waals surface area contributed by atoms with Crippen LogP contribution in [-0.2, 0) is 16.1 Å². The van der Waals surface area contributed by atoms with Crippen molar-refractivity contribution in [3.05, 3.63) is 70.8 Å². The van der Waals surface area contributed by atoms with Crippen LogP contribution in [-0.4, -0.2) is 10.8 Å². The molecule has 29 heavy (non-hydrogen) atoms. The maximum absolute atomic E-state index is 13.8. The fraction of sp³-hybridized carbons (Fsp3) is 0.480.